The van der Waals surface area contributed by atoms with Crippen molar-refractivity contribution in [3.05, 3.63) is 58.7 Å². The third-order valence-electron chi connectivity index (χ3n) is 3.63. The molecule has 0 aliphatic rings. The predicted molar refractivity (Wildman–Crippen MR) is 88.3 cm³/mol. The Hall–Kier alpha value is -2.62. The number of hydrogen-bond acceptors (Lipinski definition) is 4. The van der Waals surface area contributed by atoms with E-state index in [0.29, 0.717) is 35.5 Å². The first kappa shape index (κ1) is 16.7. The average molecular weight is 312 g/mol. The fraction of sp³-hybridized carbons (Fsp3) is 0.263. The molecule has 0 aliphatic carbocycles. The van der Waals surface area contributed by atoms with Gasteiger partial charge in [0.25, 0.3) is 0 Å². The molecule has 2 aromatic carbocycles. The van der Waals surface area contributed by atoms with Crippen molar-refractivity contribution in [2.24, 2.45) is 0 Å². The van der Waals surface area contributed by atoms with Crippen molar-refractivity contribution in [1.82, 2.24) is 0 Å². The second kappa shape index (κ2) is 7.58. The molecule has 0 unspecified atom stereocenters. The third kappa shape index (κ3) is 3.97. The average Bonchev–Trinajstić information content (AvgIpc) is 2.55. The van der Waals surface area contributed by atoms with E-state index in [0.717, 1.165) is 18.3 Å². The number of ketones is 1. The van der Waals surface area contributed by atoms with Crippen LogP contribution in [0.3, 0.4) is 0 Å². The molecule has 0 saturated heterocycles. The number of aromatic hydroxyl groups is 1. The minimum Gasteiger partial charge on any atom is -0.507 e. The van der Waals surface area contributed by atoms with Gasteiger partial charge in [-0.25, -0.2) is 0 Å². The highest BCUT2D eigenvalue weighted by Gasteiger charge is 2.15. The first-order chi connectivity index (χ1) is 11.1. The highest BCUT2D eigenvalue weighted by Crippen LogP contribution is 2.33. The summed E-state index contributed by atoms with van der Waals surface area (Å²) >= 11 is 0. The Morgan fingerprint density at radius 2 is 1.87 bits per heavy atom. The van der Waals surface area contributed by atoms with Gasteiger partial charge >= 0.3 is 0 Å². The number of benzene rings is 2. The van der Waals surface area contributed by atoms with E-state index in [1.807, 2.05) is 19.1 Å². The monoisotopic (exact) mass is 312 g/mol. The van der Waals surface area contributed by atoms with Gasteiger partial charge in [0.2, 0.25) is 0 Å². The fourth-order valence-electron chi connectivity index (χ4n) is 2.38. The lowest BCUT2D eigenvalue weighted by Gasteiger charge is -2.14. The minimum atomic E-state index is -0.171. The van der Waals surface area contributed by atoms with Crippen molar-refractivity contribution in [2.75, 3.05) is 0 Å². The van der Waals surface area contributed by atoms with Crippen LogP contribution in [0.25, 0.3) is 0 Å². The van der Waals surface area contributed by atoms with Gasteiger partial charge in [-0.2, -0.15) is 0 Å². The zero-order valence-electron chi connectivity index (χ0n) is 13.3. The smallest absolute Gasteiger partial charge is 0.163 e. The van der Waals surface area contributed by atoms with Crippen LogP contribution in [0.4, 0.5) is 0 Å². The van der Waals surface area contributed by atoms with Gasteiger partial charge in [0.1, 0.15) is 24.4 Å². The topological polar surface area (TPSA) is 63.6 Å². The summed E-state index contributed by atoms with van der Waals surface area (Å²) < 4.78 is 5.81. The molecule has 0 fully saturated rings. The maximum atomic E-state index is 11.5. The number of rotatable bonds is 7. The number of Topliss-reactive ketones (excluding diaryl/α,β-unsaturated/α-hetero) is 1. The van der Waals surface area contributed by atoms with Crippen molar-refractivity contribution in [1.29, 1.82) is 0 Å². The Kier molecular flexibility index (Phi) is 5.52. The predicted octanol–water partition coefficient (Wildman–Crippen LogP) is 3.94. The molecule has 0 amide bonds. The summed E-state index contributed by atoms with van der Waals surface area (Å²) in [6.45, 7) is 3.76. The standard InChI is InChI=1S/C19H20O4/c1-3-4-17-18(10-9-16(13(2)21)19(17)22)23-12-15-7-5-14(11-20)6-8-15/h5-11,22H,3-4,12H2,1-2H3. The second-order valence-electron chi connectivity index (χ2n) is 5.39. The Morgan fingerprint density at radius 1 is 1.17 bits per heavy atom. The summed E-state index contributed by atoms with van der Waals surface area (Å²) in [6, 6.07) is 10.4. The van der Waals surface area contributed by atoms with Crippen LogP contribution in [0, 0.1) is 0 Å². The Labute approximate surface area is 135 Å². The molecule has 0 radical (unpaired) electrons. The summed E-state index contributed by atoms with van der Waals surface area (Å²) in [5, 5.41) is 10.3. The molecule has 4 heteroatoms. The number of ether oxygens (including phenoxy) is 1. The molecule has 0 saturated carbocycles. The highest BCUT2D eigenvalue weighted by atomic mass is 16.5. The van der Waals surface area contributed by atoms with E-state index in [-0.39, 0.29) is 11.5 Å². The summed E-state index contributed by atoms with van der Waals surface area (Å²) in [7, 11) is 0. The number of phenols is 1. The van der Waals surface area contributed by atoms with Crippen LogP contribution in [-0.4, -0.2) is 17.2 Å². The van der Waals surface area contributed by atoms with Crippen LogP contribution in [0.2, 0.25) is 0 Å². The first-order valence-electron chi connectivity index (χ1n) is 7.59. The summed E-state index contributed by atoms with van der Waals surface area (Å²) in [5.74, 6) is 0.415. The van der Waals surface area contributed by atoms with Gasteiger partial charge in [-0.1, -0.05) is 37.6 Å². The normalized spacial score (nSPS) is 10.3. The lowest BCUT2D eigenvalue weighted by Crippen LogP contribution is -2.02. The summed E-state index contributed by atoms with van der Waals surface area (Å²) in [6.07, 6.45) is 2.26. The van der Waals surface area contributed by atoms with Gasteiger partial charge < -0.3 is 9.84 Å². The van der Waals surface area contributed by atoms with Gasteiger partial charge in [-0.15, -0.1) is 0 Å². The van der Waals surface area contributed by atoms with Crippen molar-refractivity contribution in [2.45, 2.75) is 33.3 Å². The number of carbonyl (C=O) groups excluding carboxylic acids is 2. The molecule has 2 rings (SSSR count). The van der Waals surface area contributed by atoms with E-state index in [1.54, 1.807) is 24.3 Å². The maximum absolute atomic E-state index is 11.5. The van der Waals surface area contributed by atoms with Gasteiger partial charge in [0.15, 0.2) is 5.78 Å². The number of hydrogen-bond donors (Lipinski definition) is 1. The molecule has 0 spiro atoms. The molecular weight excluding hydrogens is 292 g/mol. The molecule has 120 valence electrons. The third-order valence-corrected chi connectivity index (χ3v) is 3.63. The molecule has 0 bridgehead atoms. The van der Waals surface area contributed by atoms with Crippen LogP contribution in [0.15, 0.2) is 36.4 Å². The van der Waals surface area contributed by atoms with Gasteiger partial charge in [0, 0.05) is 11.1 Å². The molecule has 0 heterocycles. The Balaban J connectivity index is 2.22. The molecule has 0 aromatic heterocycles. The van der Waals surface area contributed by atoms with E-state index in [2.05, 4.69) is 0 Å². The molecule has 0 atom stereocenters. The second-order valence-corrected chi connectivity index (χ2v) is 5.39. The summed E-state index contributed by atoms with van der Waals surface area (Å²) in [4.78, 5) is 22.2. The van der Waals surface area contributed by atoms with E-state index in [4.69, 9.17) is 4.74 Å². The lowest BCUT2D eigenvalue weighted by atomic mass is 10.0. The SMILES string of the molecule is CCCc1c(OCc2ccc(C=O)cc2)ccc(C(C)=O)c1O. The maximum Gasteiger partial charge on any atom is 0.163 e. The van der Waals surface area contributed by atoms with E-state index < -0.39 is 0 Å². The zero-order valence-corrected chi connectivity index (χ0v) is 13.3. The van der Waals surface area contributed by atoms with Crippen LogP contribution < -0.4 is 4.74 Å². The van der Waals surface area contributed by atoms with Crippen LogP contribution in [0.5, 0.6) is 11.5 Å². The number of aldehydes is 1. The van der Waals surface area contributed by atoms with Crippen LogP contribution in [-0.2, 0) is 13.0 Å². The van der Waals surface area contributed by atoms with Crippen molar-refractivity contribution < 1.29 is 19.4 Å². The van der Waals surface area contributed by atoms with Crippen LogP contribution >= 0.6 is 0 Å². The van der Waals surface area contributed by atoms with Gasteiger partial charge in [0.05, 0.1) is 5.56 Å². The molecule has 4 nitrogen and oxygen atoms in total. The minimum absolute atomic E-state index is 0.00755. The largest absolute Gasteiger partial charge is 0.507 e. The number of carbonyl (C=O) groups is 2. The van der Waals surface area contributed by atoms with E-state index >= 15 is 0 Å². The Morgan fingerprint density at radius 3 is 2.43 bits per heavy atom. The summed E-state index contributed by atoms with van der Waals surface area (Å²) in [5.41, 5.74) is 2.51. The van der Waals surface area contributed by atoms with Crippen molar-refractivity contribution in [3.63, 3.8) is 0 Å². The molecule has 2 aromatic rings. The zero-order chi connectivity index (χ0) is 16.8. The van der Waals surface area contributed by atoms with E-state index in [9.17, 15) is 14.7 Å². The van der Waals surface area contributed by atoms with Crippen molar-refractivity contribution in [3.8, 4) is 11.5 Å². The number of phenolic OH excluding ortho intramolecular Hbond substituents is 1. The van der Waals surface area contributed by atoms with Gasteiger partial charge in [-0.05, 0) is 31.0 Å². The van der Waals surface area contributed by atoms with Gasteiger partial charge in [-0.3, -0.25) is 9.59 Å². The quantitative estimate of drug-likeness (QED) is 0.621. The van der Waals surface area contributed by atoms with Crippen molar-refractivity contribution >= 4 is 12.1 Å². The molecular formula is C19H20O4. The van der Waals surface area contributed by atoms with Crippen LogP contribution in [0.1, 0.15) is 52.1 Å². The molecule has 23 heavy (non-hydrogen) atoms. The van der Waals surface area contributed by atoms with E-state index in [1.165, 1.54) is 6.92 Å². The molecule has 1 N–H and O–H groups in total. The fourth-order valence-corrected chi connectivity index (χ4v) is 2.38. The molecule has 0 aliphatic heterocycles. The highest BCUT2D eigenvalue weighted by molar-refractivity contribution is 5.97. The lowest BCUT2D eigenvalue weighted by molar-refractivity contribution is 0.101. The first-order valence-corrected chi connectivity index (χ1v) is 7.59. The Bertz CT molecular complexity index is 702.